The number of para-hydroxylation sites is 2. The van der Waals surface area contributed by atoms with Crippen LogP contribution in [0.2, 0.25) is 0 Å². The maximum atomic E-state index is 11.7. The van der Waals surface area contributed by atoms with Crippen LogP contribution in [-0.2, 0) is 56.2 Å². The SMILES string of the molecule is CCCOCCc1ccc2c(c1C(=O)[O-])Cc1ccccc1O2.CCCOCCc1ccc2c(c1C(=O)[O-])Cc1ccccc1O2.[Pt+2]. The average Bonchev–Trinajstić information content (AvgIpc) is 3.06. The van der Waals surface area contributed by atoms with Crippen molar-refractivity contribution in [3.63, 3.8) is 0 Å². The molecule has 9 heteroatoms. The van der Waals surface area contributed by atoms with Crippen LogP contribution in [0.25, 0.3) is 0 Å². The van der Waals surface area contributed by atoms with E-state index in [2.05, 4.69) is 0 Å². The Labute approximate surface area is 289 Å². The summed E-state index contributed by atoms with van der Waals surface area (Å²) in [6.07, 6.45) is 4.08. The van der Waals surface area contributed by atoms with Gasteiger partial charge in [0.05, 0.1) is 25.2 Å². The van der Waals surface area contributed by atoms with Crippen LogP contribution >= 0.6 is 0 Å². The Morgan fingerprint density at radius 1 is 0.596 bits per heavy atom. The van der Waals surface area contributed by atoms with Gasteiger partial charge < -0.3 is 38.7 Å². The Bertz CT molecular complexity index is 1570. The second-order valence-corrected chi connectivity index (χ2v) is 11.2. The third-order valence-corrected chi connectivity index (χ3v) is 7.97. The molecule has 2 heterocycles. The van der Waals surface area contributed by atoms with Gasteiger partial charge in [-0.3, -0.25) is 0 Å². The van der Waals surface area contributed by atoms with E-state index in [1.165, 1.54) is 0 Å². The number of rotatable bonds is 12. The fraction of sp³-hybridized carbons (Fsp3) is 0.316. The summed E-state index contributed by atoms with van der Waals surface area (Å²) in [6.45, 7) is 6.46. The first-order valence-corrected chi connectivity index (χ1v) is 15.8. The molecule has 0 bridgehead atoms. The van der Waals surface area contributed by atoms with Crippen molar-refractivity contribution in [1.82, 2.24) is 0 Å². The Morgan fingerprint density at radius 2 is 1.00 bits per heavy atom. The smallest absolute Gasteiger partial charge is 0.545 e. The number of benzene rings is 4. The summed E-state index contributed by atoms with van der Waals surface area (Å²) in [5, 5.41) is 23.4. The number of hydrogen-bond donors (Lipinski definition) is 0. The molecule has 6 rings (SSSR count). The number of fused-ring (bicyclic) bond motifs is 4. The zero-order valence-electron chi connectivity index (χ0n) is 26.6. The third kappa shape index (κ3) is 8.69. The predicted molar refractivity (Wildman–Crippen MR) is 170 cm³/mol. The van der Waals surface area contributed by atoms with Crippen molar-refractivity contribution in [3.8, 4) is 23.0 Å². The van der Waals surface area contributed by atoms with Crippen LogP contribution in [0.15, 0.2) is 72.8 Å². The molecule has 0 unspecified atom stereocenters. The van der Waals surface area contributed by atoms with Gasteiger partial charge in [0.15, 0.2) is 0 Å². The van der Waals surface area contributed by atoms with Crippen molar-refractivity contribution >= 4 is 11.9 Å². The number of carbonyl (C=O) groups excluding carboxylic acids is 2. The molecule has 2 aliphatic heterocycles. The molecule has 8 nitrogen and oxygen atoms in total. The summed E-state index contributed by atoms with van der Waals surface area (Å²) in [5.41, 5.74) is 5.33. The molecule has 4 aromatic rings. The number of ether oxygens (including phenoxy) is 4. The molecule has 0 saturated carbocycles. The summed E-state index contributed by atoms with van der Waals surface area (Å²) < 4.78 is 22.6. The molecule has 0 N–H and O–H groups in total. The van der Waals surface area contributed by atoms with Crippen LogP contribution in [0.5, 0.6) is 23.0 Å². The first-order chi connectivity index (χ1) is 22.4. The van der Waals surface area contributed by atoms with Gasteiger partial charge >= 0.3 is 21.1 Å². The second kappa shape index (κ2) is 17.3. The van der Waals surface area contributed by atoms with Crippen molar-refractivity contribution < 1.29 is 59.8 Å². The fourth-order valence-corrected chi connectivity index (χ4v) is 5.80. The van der Waals surface area contributed by atoms with Gasteiger partial charge in [-0.1, -0.05) is 62.4 Å². The van der Waals surface area contributed by atoms with Gasteiger partial charge in [0, 0.05) is 48.3 Å². The average molecular weight is 818 g/mol. The van der Waals surface area contributed by atoms with Crippen molar-refractivity contribution in [2.75, 3.05) is 26.4 Å². The summed E-state index contributed by atoms with van der Waals surface area (Å²) in [5.74, 6) is 0.444. The summed E-state index contributed by atoms with van der Waals surface area (Å²) >= 11 is 0. The fourth-order valence-electron chi connectivity index (χ4n) is 5.80. The monoisotopic (exact) mass is 817 g/mol. The molecule has 0 aliphatic carbocycles. The zero-order chi connectivity index (χ0) is 32.5. The van der Waals surface area contributed by atoms with Gasteiger partial charge in [-0.05, 0) is 72.2 Å². The first-order valence-electron chi connectivity index (χ1n) is 15.8. The standard InChI is InChI=1S/2C19H20O4.Pt/c2*1-2-10-22-11-9-13-7-8-17-15(18(13)19(20)21)12-14-5-3-4-6-16(14)23-17;/h2*3-8H,2,9-12H2,1H3,(H,20,21);/q;;+2/p-2. The number of aromatic carboxylic acids is 2. The topological polar surface area (TPSA) is 117 Å². The van der Waals surface area contributed by atoms with E-state index in [0.29, 0.717) is 74.7 Å². The van der Waals surface area contributed by atoms with Gasteiger partial charge in [0.25, 0.3) is 0 Å². The Balaban J connectivity index is 0.000000208. The first kappa shape index (κ1) is 35.9. The Kier molecular flexibility index (Phi) is 13.2. The molecule has 0 fully saturated rings. The maximum absolute atomic E-state index is 11.7. The molecular formula is C38H38O8Pt. The normalized spacial score (nSPS) is 12.0. The van der Waals surface area contributed by atoms with E-state index in [9.17, 15) is 19.8 Å². The van der Waals surface area contributed by atoms with E-state index in [4.69, 9.17) is 18.9 Å². The Hall–Kier alpha value is -3.97. The van der Waals surface area contributed by atoms with Gasteiger partial charge in [-0.2, -0.15) is 0 Å². The minimum Gasteiger partial charge on any atom is -0.545 e. The summed E-state index contributed by atoms with van der Waals surface area (Å²) in [4.78, 5) is 23.4. The molecule has 0 aromatic heterocycles. The van der Waals surface area contributed by atoms with Crippen LogP contribution in [0, 0.1) is 0 Å². The molecular weight excluding hydrogens is 779 g/mol. The van der Waals surface area contributed by atoms with Crippen molar-refractivity contribution in [1.29, 1.82) is 0 Å². The predicted octanol–water partition coefficient (Wildman–Crippen LogP) is 5.43. The number of carboxylic acid groups (broad SMARTS) is 2. The van der Waals surface area contributed by atoms with Crippen LogP contribution in [-0.4, -0.2) is 38.4 Å². The molecule has 47 heavy (non-hydrogen) atoms. The van der Waals surface area contributed by atoms with Crippen LogP contribution < -0.4 is 19.7 Å². The van der Waals surface area contributed by atoms with Gasteiger partial charge in [0.1, 0.15) is 23.0 Å². The zero-order valence-corrected chi connectivity index (χ0v) is 28.9. The molecule has 0 radical (unpaired) electrons. The second-order valence-electron chi connectivity index (χ2n) is 11.2. The maximum Gasteiger partial charge on any atom is 2.00 e. The van der Waals surface area contributed by atoms with Crippen LogP contribution in [0.4, 0.5) is 0 Å². The minimum atomic E-state index is -1.16. The van der Waals surface area contributed by atoms with E-state index in [1.54, 1.807) is 12.1 Å². The Morgan fingerprint density at radius 3 is 1.38 bits per heavy atom. The van der Waals surface area contributed by atoms with E-state index in [-0.39, 0.29) is 32.2 Å². The molecule has 0 atom stereocenters. The van der Waals surface area contributed by atoms with Gasteiger partial charge in [-0.15, -0.1) is 0 Å². The van der Waals surface area contributed by atoms with Crippen LogP contribution in [0.1, 0.15) is 80.8 Å². The van der Waals surface area contributed by atoms with Gasteiger partial charge in [0.2, 0.25) is 0 Å². The van der Waals surface area contributed by atoms with E-state index in [0.717, 1.165) is 46.6 Å². The molecule has 2 aliphatic rings. The van der Waals surface area contributed by atoms with Crippen molar-refractivity contribution in [2.24, 2.45) is 0 Å². The molecule has 0 saturated heterocycles. The molecule has 0 amide bonds. The number of hydrogen-bond acceptors (Lipinski definition) is 8. The number of carbonyl (C=O) groups is 2. The third-order valence-electron chi connectivity index (χ3n) is 7.97. The summed E-state index contributed by atoms with van der Waals surface area (Å²) in [7, 11) is 0. The van der Waals surface area contributed by atoms with Gasteiger partial charge in [-0.25, -0.2) is 0 Å². The molecule has 0 spiro atoms. The molecule has 4 aromatic carbocycles. The number of carboxylic acids is 2. The van der Waals surface area contributed by atoms with Crippen molar-refractivity contribution in [3.05, 3.63) is 117 Å². The summed E-state index contributed by atoms with van der Waals surface area (Å²) in [6, 6.07) is 22.6. The van der Waals surface area contributed by atoms with Crippen molar-refractivity contribution in [2.45, 2.75) is 52.4 Å². The largest absolute Gasteiger partial charge is 2.00 e. The molecule has 248 valence electrons. The quantitative estimate of drug-likeness (QED) is 0.150. The van der Waals surface area contributed by atoms with E-state index < -0.39 is 11.9 Å². The van der Waals surface area contributed by atoms with E-state index in [1.807, 2.05) is 74.5 Å². The minimum absolute atomic E-state index is 0. The van der Waals surface area contributed by atoms with Crippen LogP contribution in [0.3, 0.4) is 0 Å². The van der Waals surface area contributed by atoms with E-state index >= 15 is 0 Å².